The van der Waals surface area contributed by atoms with E-state index >= 15 is 0 Å². The van der Waals surface area contributed by atoms with Crippen molar-refractivity contribution in [2.45, 2.75) is 37.8 Å². The van der Waals surface area contributed by atoms with Gasteiger partial charge in [-0.2, -0.15) is 0 Å². The van der Waals surface area contributed by atoms with Crippen LogP contribution < -0.4 is 5.32 Å². The molecular formula is C21H23N3O2. The molecule has 2 aromatic carbocycles. The molecule has 1 amide bonds. The zero-order valence-electron chi connectivity index (χ0n) is 14.6. The van der Waals surface area contributed by atoms with Crippen LogP contribution in [-0.4, -0.2) is 27.1 Å². The topological polar surface area (TPSA) is 78.0 Å². The average molecular weight is 349 g/mol. The van der Waals surface area contributed by atoms with E-state index in [1.54, 1.807) is 6.33 Å². The molecule has 0 unspecified atom stereocenters. The van der Waals surface area contributed by atoms with Gasteiger partial charge in [0.2, 0.25) is 5.91 Å². The van der Waals surface area contributed by atoms with Gasteiger partial charge in [-0.15, -0.1) is 0 Å². The number of nitrogens with zero attached hydrogens (tertiary/aromatic N) is 1. The highest BCUT2D eigenvalue weighted by Gasteiger charge is 2.28. The van der Waals surface area contributed by atoms with E-state index in [1.807, 2.05) is 48.5 Å². The van der Waals surface area contributed by atoms with Crippen molar-refractivity contribution < 1.29 is 9.90 Å². The lowest BCUT2D eigenvalue weighted by molar-refractivity contribution is -0.127. The third-order valence-corrected chi connectivity index (χ3v) is 5.21. The molecule has 3 N–H and O–H groups in total. The Hall–Kier alpha value is -2.66. The summed E-state index contributed by atoms with van der Waals surface area (Å²) in [7, 11) is 0. The van der Waals surface area contributed by atoms with Crippen LogP contribution >= 0.6 is 0 Å². The van der Waals surface area contributed by atoms with Gasteiger partial charge in [-0.3, -0.25) is 4.79 Å². The molecule has 26 heavy (non-hydrogen) atoms. The summed E-state index contributed by atoms with van der Waals surface area (Å²) in [5, 5.41) is 13.1. The molecule has 1 aliphatic carbocycles. The molecule has 0 bridgehead atoms. The van der Waals surface area contributed by atoms with Gasteiger partial charge in [0.1, 0.15) is 0 Å². The number of hydrogen-bond donors (Lipinski definition) is 3. The maximum Gasteiger partial charge on any atom is 0.223 e. The summed E-state index contributed by atoms with van der Waals surface area (Å²) in [5.41, 5.74) is 3.90. The maximum absolute atomic E-state index is 12.9. The monoisotopic (exact) mass is 349 g/mol. The molecular weight excluding hydrogens is 326 g/mol. The van der Waals surface area contributed by atoms with Crippen molar-refractivity contribution in [2.75, 3.05) is 0 Å². The van der Waals surface area contributed by atoms with E-state index in [-0.39, 0.29) is 24.0 Å². The molecule has 1 aliphatic rings. The van der Waals surface area contributed by atoms with E-state index in [4.69, 9.17) is 0 Å². The molecule has 0 aliphatic heterocycles. The second kappa shape index (κ2) is 7.30. The third kappa shape index (κ3) is 3.48. The summed E-state index contributed by atoms with van der Waals surface area (Å²) >= 11 is 0. The van der Waals surface area contributed by atoms with Crippen molar-refractivity contribution in [3.05, 3.63) is 66.0 Å². The van der Waals surface area contributed by atoms with Gasteiger partial charge in [0.15, 0.2) is 0 Å². The lowest BCUT2D eigenvalue weighted by Crippen LogP contribution is -2.37. The van der Waals surface area contributed by atoms with Gasteiger partial charge in [0.05, 0.1) is 29.5 Å². The fraction of sp³-hybridized carbons (Fsp3) is 0.333. The van der Waals surface area contributed by atoms with Crippen LogP contribution in [0.15, 0.2) is 54.9 Å². The molecule has 3 atom stereocenters. The zero-order chi connectivity index (χ0) is 17.9. The standard InChI is InChI=1S/C21H23N3O2/c25-17-8-4-7-16(11-17)21(26)24-20(14-5-2-1-3-6-14)15-9-10-18-19(12-15)23-13-22-18/h1-3,5-6,9-10,12-13,16-17,20,25H,4,7-8,11H2,(H,22,23)(H,24,26)/t16-,17-,20+/m0/s1. The lowest BCUT2D eigenvalue weighted by atomic mass is 9.86. The molecule has 134 valence electrons. The van der Waals surface area contributed by atoms with E-state index in [9.17, 15) is 9.90 Å². The molecule has 0 spiro atoms. The number of rotatable bonds is 4. The Morgan fingerprint density at radius 2 is 2.00 bits per heavy atom. The molecule has 3 aromatic rings. The summed E-state index contributed by atoms with van der Waals surface area (Å²) < 4.78 is 0. The highest BCUT2D eigenvalue weighted by Crippen LogP contribution is 2.28. The summed E-state index contributed by atoms with van der Waals surface area (Å²) in [6.07, 6.45) is 4.39. The first-order valence-electron chi connectivity index (χ1n) is 9.17. The Morgan fingerprint density at radius 1 is 1.15 bits per heavy atom. The summed E-state index contributed by atoms with van der Waals surface area (Å²) in [6, 6.07) is 15.8. The van der Waals surface area contributed by atoms with Crippen LogP contribution in [0, 0.1) is 5.92 Å². The fourth-order valence-electron chi connectivity index (χ4n) is 3.80. The molecule has 5 nitrogen and oxygen atoms in total. The minimum atomic E-state index is -0.365. The van der Waals surface area contributed by atoms with Crippen LogP contribution in [-0.2, 0) is 4.79 Å². The van der Waals surface area contributed by atoms with Crippen LogP contribution in [0.1, 0.15) is 42.9 Å². The van der Waals surface area contributed by atoms with E-state index < -0.39 is 0 Å². The molecule has 5 heteroatoms. The van der Waals surface area contributed by atoms with E-state index in [1.165, 1.54) is 0 Å². The Bertz CT molecular complexity index is 890. The van der Waals surface area contributed by atoms with E-state index in [2.05, 4.69) is 15.3 Å². The summed E-state index contributed by atoms with van der Waals surface area (Å²) in [5.74, 6) is -0.108. The molecule has 1 fully saturated rings. The molecule has 1 heterocycles. The van der Waals surface area contributed by atoms with Crippen molar-refractivity contribution in [3.8, 4) is 0 Å². The van der Waals surface area contributed by atoms with Crippen molar-refractivity contribution in [1.29, 1.82) is 0 Å². The first-order chi connectivity index (χ1) is 12.7. The predicted molar refractivity (Wildman–Crippen MR) is 100 cm³/mol. The first kappa shape index (κ1) is 16.8. The number of aromatic nitrogens is 2. The number of H-pyrrole nitrogens is 1. The van der Waals surface area contributed by atoms with Crippen LogP contribution in [0.4, 0.5) is 0 Å². The number of carbonyl (C=O) groups excluding carboxylic acids is 1. The van der Waals surface area contributed by atoms with Crippen molar-refractivity contribution in [1.82, 2.24) is 15.3 Å². The largest absolute Gasteiger partial charge is 0.393 e. The Kier molecular flexibility index (Phi) is 4.71. The second-order valence-corrected chi connectivity index (χ2v) is 7.05. The number of carbonyl (C=O) groups is 1. The SMILES string of the molecule is O=C(N[C@H](c1ccccc1)c1ccc2nc[nH]c2c1)[C@H]1CCC[C@H](O)C1. The normalized spacial score (nSPS) is 21.4. The Balaban J connectivity index is 1.63. The second-order valence-electron chi connectivity index (χ2n) is 7.05. The van der Waals surface area contributed by atoms with Gasteiger partial charge in [0, 0.05) is 5.92 Å². The molecule has 0 radical (unpaired) electrons. The molecule has 1 aromatic heterocycles. The van der Waals surface area contributed by atoms with Gasteiger partial charge in [0.25, 0.3) is 0 Å². The van der Waals surface area contributed by atoms with Crippen molar-refractivity contribution >= 4 is 16.9 Å². The average Bonchev–Trinajstić information content (AvgIpc) is 3.14. The number of benzene rings is 2. The molecule has 4 rings (SSSR count). The highest BCUT2D eigenvalue weighted by atomic mass is 16.3. The summed E-state index contributed by atoms with van der Waals surface area (Å²) in [4.78, 5) is 20.3. The molecule has 1 saturated carbocycles. The number of aliphatic hydroxyl groups is 1. The quantitative estimate of drug-likeness (QED) is 0.676. The number of aromatic amines is 1. The van der Waals surface area contributed by atoms with Gasteiger partial charge < -0.3 is 15.4 Å². The van der Waals surface area contributed by atoms with Gasteiger partial charge in [-0.25, -0.2) is 4.98 Å². The van der Waals surface area contributed by atoms with Crippen molar-refractivity contribution in [2.24, 2.45) is 5.92 Å². The number of amides is 1. The highest BCUT2D eigenvalue weighted by molar-refractivity contribution is 5.80. The lowest BCUT2D eigenvalue weighted by Gasteiger charge is -2.28. The fourth-order valence-corrected chi connectivity index (χ4v) is 3.80. The van der Waals surface area contributed by atoms with Gasteiger partial charge in [-0.1, -0.05) is 42.8 Å². The van der Waals surface area contributed by atoms with E-state index in [0.717, 1.165) is 41.4 Å². The predicted octanol–water partition coefficient (Wildman–Crippen LogP) is 3.32. The number of hydrogen-bond acceptors (Lipinski definition) is 3. The van der Waals surface area contributed by atoms with Crippen LogP contribution in [0.2, 0.25) is 0 Å². The van der Waals surface area contributed by atoms with Crippen LogP contribution in [0.25, 0.3) is 11.0 Å². The number of nitrogens with one attached hydrogen (secondary N) is 2. The smallest absolute Gasteiger partial charge is 0.223 e. The van der Waals surface area contributed by atoms with Gasteiger partial charge in [-0.05, 0) is 42.5 Å². The Labute approximate surface area is 152 Å². The number of fused-ring (bicyclic) bond motifs is 1. The zero-order valence-corrected chi connectivity index (χ0v) is 14.6. The van der Waals surface area contributed by atoms with Crippen LogP contribution in [0.5, 0.6) is 0 Å². The minimum Gasteiger partial charge on any atom is -0.393 e. The molecule has 0 saturated heterocycles. The van der Waals surface area contributed by atoms with Crippen LogP contribution in [0.3, 0.4) is 0 Å². The van der Waals surface area contributed by atoms with Crippen molar-refractivity contribution in [3.63, 3.8) is 0 Å². The maximum atomic E-state index is 12.9. The van der Waals surface area contributed by atoms with E-state index in [0.29, 0.717) is 6.42 Å². The van der Waals surface area contributed by atoms with Gasteiger partial charge >= 0.3 is 0 Å². The third-order valence-electron chi connectivity index (χ3n) is 5.21. The summed E-state index contributed by atoms with van der Waals surface area (Å²) in [6.45, 7) is 0. The first-order valence-corrected chi connectivity index (χ1v) is 9.17. The number of imidazole rings is 1. The Morgan fingerprint density at radius 3 is 2.81 bits per heavy atom. The minimum absolute atomic E-state index is 0.0160. The number of aliphatic hydroxyl groups excluding tert-OH is 1.